The molecule has 1 aromatic rings. The van der Waals surface area contributed by atoms with Crippen LogP contribution in [0.3, 0.4) is 0 Å². The van der Waals surface area contributed by atoms with Crippen LogP contribution in [0.4, 0.5) is 0 Å². The van der Waals surface area contributed by atoms with Crippen LogP contribution in [0.15, 0.2) is 12.3 Å². The van der Waals surface area contributed by atoms with Crippen LogP contribution in [0, 0.1) is 0 Å². The molecule has 3 nitrogen and oxygen atoms in total. The molecule has 1 N–H and O–H groups in total. The van der Waals surface area contributed by atoms with E-state index in [1.807, 2.05) is 19.2 Å². The van der Waals surface area contributed by atoms with Gasteiger partial charge in [-0.25, -0.2) is 0 Å². The van der Waals surface area contributed by atoms with Gasteiger partial charge in [-0.3, -0.25) is 4.21 Å². The fourth-order valence-corrected chi connectivity index (χ4v) is 2.66. The number of aliphatic hydroxyl groups excluding tert-OH is 1. The molecule has 0 saturated heterocycles. The number of nitrogens with zero attached hydrogens (tertiary/aromatic N) is 1. The Bertz CT molecular complexity index is 400. The van der Waals surface area contributed by atoms with Crippen molar-refractivity contribution in [1.82, 2.24) is 4.57 Å². The minimum absolute atomic E-state index is 0.163. The Kier molecular flexibility index (Phi) is 3.50. The highest BCUT2D eigenvalue weighted by Crippen LogP contribution is 2.30. The molecule has 1 aliphatic rings. The average molecular weight is 241 g/mol. The Hall–Kier alpha value is -0.610. The maximum absolute atomic E-state index is 11.4. The fraction of sp³-hybridized carbons (Fsp3) is 0.667. The molecule has 90 valence electrons. The molecule has 0 aliphatic heterocycles. The molecular weight excluding hydrogens is 222 g/mol. The van der Waals surface area contributed by atoms with Gasteiger partial charge in [0.1, 0.15) is 0 Å². The molecule has 0 bridgehead atoms. The first-order valence-corrected chi connectivity index (χ1v) is 7.40. The van der Waals surface area contributed by atoms with Crippen molar-refractivity contribution in [3.63, 3.8) is 0 Å². The number of rotatable bonds is 3. The lowest BCUT2D eigenvalue weighted by Crippen LogP contribution is -2.20. The topological polar surface area (TPSA) is 42.2 Å². The summed E-state index contributed by atoms with van der Waals surface area (Å²) < 4.78 is 13.5. The summed E-state index contributed by atoms with van der Waals surface area (Å²) in [7, 11) is -0.788. The molecule has 1 heterocycles. The van der Waals surface area contributed by atoms with Gasteiger partial charge in [0.15, 0.2) is 0 Å². The molecule has 0 saturated carbocycles. The average Bonchev–Trinajstić information content (AvgIpc) is 2.63. The first-order chi connectivity index (χ1) is 7.59. The van der Waals surface area contributed by atoms with E-state index in [1.54, 1.807) is 6.26 Å². The number of hydrogen-bond acceptors (Lipinski definition) is 2. The Labute approximate surface area is 98.9 Å². The Morgan fingerprint density at radius 1 is 1.69 bits per heavy atom. The van der Waals surface area contributed by atoms with E-state index in [0.717, 1.165) is 31.4 Å². The summed E-state index contributed by atoms with van der Waals surface area (Å²) in [6.45, 7) is 2.78. The quantitative estimate of drug-likeness (QED) is 0.874. The van der Waals surface area contributed by atoms with Gasteiger partial charge >= 0.3 is 0 Å². The van der Waals surface area contributed by atoms with E-state index in [1.165, 1.54) is 5.69 Å². The second kappa shape index (κ2) is 4.72. The molecule has 0 aromatic carbocycles. The van der Waals surface area contributed by atoms with E-state index < -0.39 is 10.8 Å². The van der Waals surface area contributed by atoms with Crippen molar-refractivity contribution in [3.8, 4) is 0 Å². The molecule has 1 aliphatic carbocycles. The number of fused-ring (bicyclic) bond motifs is 1. The van der Waals surface area contributed by atoms with E-state index in [9.17, 15) is 9.32 Å². The molecule has 0 fully saturated rings. The third kappa shape index (κ3) is 2.23. The molecule has 16 heavy (non-hydrogen) atoms. The second-order valence-electron chi connectivity index (χ2n) is 4.59. The van der Waals surface area contributed by atoms with E-state index >= 15 is 0 Å². The summed E-state index contributed by atoms with van der Waals surface area (Å²) in [4.78, 5) is 0. The smallest absolute Gasteiger partial charge is 0.0807 e. The molecule has 3 unspecified atom stereocenters. The monoisotopic (exact) mass is 241 g/mol. The van der Waals surface area contributed by atoms with Gasteiger partial charge in [-0.1, -0.05) is 0 Å². The molecule has 1 aromatic heterocycles. The lowest BCUT2D eigenvalue weighted by atomic mass is 9.95. The normalized spacial score (nSPS) is 23.8. The van der Waals surface area contributed by atoms with Gasteiger partial charge in [-0.2, -0.15) is 0 Å². The zero-order chi connectivity index (χ0) is 11.7. The summed E-state index contributed by atoms with van der Waals surface area (Å²) in [6, 6.07) is 2.00. The lowest BCUT2D eigenvalue weighted by Gasteiger charge is -2.21. The molecule has 3 atom stereocenters. The lowest BCUT2D eigenvalue weighted by molar-refractivity contribution is 0.155. The Morgan fingerprint density at radius 2 is 2.44 bits per heavy atom. The Balaban J connectivity index is 2.20. The van der Waals surface area contributed by atoms with Gasteiger partial charge in [0.2, 0.25) is 0 Å². The highest BCUT2D eigenvalue weighted by Gasteiger charge is 2.21. The van der Waals surface area contributed by atoms with E-state index in [-0.39, 0.29) is 11.4 Å². The van der Waals surface area contributed by atoms with Gasteiger partial charge in [0.25, 0.3) is 0 Å². The van der Waals surface area contributed by atoms with Crippen LogP contribution in [0.1, 0.15) is 37.1 Å². The summed E-state index contributed by atoms with van der Waals surface area (Å²) in [6.07, 6.45) is 6.40. The third-order valence-corrected chi connectivity index (χ3v) is 4.67. The van der Waals surface area contributed by atoms with Crippen LogP contribution in [0.25, 0.3) is 0 Å². The van der Waals surface area contributed by atoms with E-state index in [0.29, 0.717) is 0 Å². The summed E-state index contributed by atoms with van der Waals surface area (Å²) >= 11 is 0. The Morgan fingerprint density at radius 3 is 3.12 bits per heavy atom. The SMILES string of the molecule is CC(Cn1ccc2c1CCCC2O)S(C)=O. The summed E-state index contributed by atoms with van der Waals surface area (Å²) in [5.41, 5.74) is 2.30. The van der Waals surface area contributed by atoms with E-state index in [4.69, 9.17) is 0 Å². The van der Waals surface area contributed by atoms with Crippen LogP contribution in [0.2, 0.25) is 0 Å². The minimum atomic E-state index is -0.788. The zero-order valence-electron chi connectivity index (χ0n) is 9.85. The predicted molar refractivity (Wildman–Crippen MR) is 65.9 cm³/mol. The first kappa shape index (κ1) is 11.9. The largest absolute Gasteiger partial charge is 0.388 e. The molecule has 0 amide bonds. The van der Waals surface area contributed by atoms with Crippen molar-refractivity contribution in [3.05, 3.63) is 23.5 Å². The van der Waals surface area contributed by atoms with Gasteiger partial charge in [-0.05, 0) is 32.3 Å². The minimum Gasteiger partial charge on any atom is -0.388 e. The van der Waals surface area contributed by atoms with Crippen molar-refractivity contribution >= 4 is 10.8 Å². The summed E-state index contributed by atoms with van der Waals surface area (Å²) in [5.74, 6) is 0. The standard InChI is InChI=1S/C12H19NO2S/c1-9(16(2)15)8-13-7-6-10-11(13)4-3-5-12(10)14/h6-7,9,12,14H,3-5,8H2,1-2H3. The maximum Gasteiger partial charge on any atom is 0.0807 e. The highest BCUT2D eigenvalue weighted by atomic mass is 32.2. The number of hydrogen-bond donors (Lipinski definition) is 1. The third-order valence-electron chi connectivity index (χ3n) is 3.38. The maximum atomic E-state index is 11.4. The fourth-order valence-electron chi connectivity index (χ4n) is 2.28. The molecular formula is C12H19NO2S. The molecule has 0 radical (unpaired) electrons. The molecule has 2 rings (SSSR count). The number of aliphatic hydroxyl groups is 1. The second-order valence-corrected chi connectivity index (χ2v) is 6.39. The van der Waals surface area contributed by atoms with Crippen molar-refractivity contribution in [1.29, 1.82) is 0 Å². The van der Waals surface area contributed by atoms with Crippen LogP contribution < -0.4 is 0 Å². The predicted octanol–water partition coefficient (Wildman–Crippen LogP) is 1.62. The van der Waals surface area contributed by atoms with E-state index in [2.05, 4.69) is 4.57 Å². The highest BCUT2D eigenvalue weighted by molar-refractivity contribution is 7.84. The van der Waals surface area contributed by atoms with Gasteiger partial charge in [0, 0.05) is 46.3 Å². The van der Waals surface area contributed by atoms with Crippen LogP contribution in [0.5, 0.6) is 0 Å². The molecule has 0 spiro atoms. The van der Waals surface area contributed by atoms with Gasteiger partial charge in [-0.15, -0.1) is 0 Å². The van der Waals surface area contributed by atoms with Crippen LogP contribution in [-0.2, 0) is 23.8 Å². The summed E-state index contributed by atoms with van der Waals surface area (Å²) in [5, 5.41) is 10.0. The van der Waals surface area contributed by atoms with Crippen LogP contribution >= 0.6 is 0 Å². The van der Waals surface area contributed by atoms with Crippen LogP contribution in [-0.4, -0.2) is 25.4 Å². The van der Waals surface area contributed by atoms with Crippen molar-refractivity contribution in [2.75, 3.05) is 6.26 Å². The number of aromatic nitrogens is 1. The zero-order valence-corrected chi connectivity index (χ0v) is 10.7. The van der Waals surface area contributed by atoms with Gasteiger partial charge in [0.05, 0.1) is 6.10 Å². The van der Waals surface area contributed by atoms with Crippen molar-refractivity contribution in [2.24, 2.45) is 0 Å². The molecule has 4 heteroatoms. The first-order valence-electron chi connectivity index (χ1n) is 5.77. The van der Waals surface area contributed by atoms with Crippen molar-refractivity contribution in [2.45, 2.75) is 44.1 Å². The van der Waals surface area contributed by atoms with Gasteiger partial charge < -0.3 is 9.67 Å². The van der Waals surface area contributed by atoms with Crippen molar-refractivity contribution < 1.29 is 9.32 Å².